The molecular weight excluding hydrogens is 158 g/mol. The molecule has 0 aromatic heterocycles. The lowest BCUT2D eigenvalue weighted by molar-refractivity contribution is -0.194. The third-order valence-electron chi connectivity index (χ3n) is 1.34. The van der Waals surface area contributed by atoms with Gasteiger partial charge in [-0.2, -0.15) is 4.89 Å². The van der Waals surface area contributed by atoms with Crippen molar-refractivity contribution in [2.45, 2.75) is 6.61 Å². The molecule has 0 fully saturated rings. The predicted molar refractivity (Wildman–Crippen MR) is 40.3 cm³/mol. The van der Waals surface area contributed by atoms with Crippen LogP contribution in [0.3, 0.4) is 0 Å². The van der Waals surface area contributed by atoms with Crippen molar-refractivity contribution < 1.29 is 14.6 Å². The summed E-state index contributed by atoms with van der Waals surface area (Å²) in [5, 5.41) is 5.40. The zero-order valence-electron chi connectivity index (χ0n) is 6.24. The minimum Gasteiger partial charge on any atom is -0.337 e. The Labute approximate surface area is 69.2 Å². The molecule has 62 valence electrons. The average molecular weight is 165 g/mol. The fourth-order valence-electron chi connectivity index (χ4n) is 0.861. The van der Waals surface area contributed by atoms with Gasteiger partial charge in [-0.05, 0) is 6.07 Å². The van der Waals surface area contributed by atoms with E-state index in [2.05, 4.69) is 0 Å². The van der Waals surface area contributed by atoms with Crippen molar-refractivity contribution in [1.29, 1.82) is 5.41 Å². The Morgan fingerprint density at radius 2 is 2.08 bits per heavy atom. The molecule has 4 nitrogen and oxygen atoms in total. The first-order chi connectivity index (χ1) is 5.88. The molecule has 12 heavy (non-hydrogen) atoms. The van der Waals surface area contributed by atoms with Crippen LogP contribution in [-0.2, 0) is 16.3 Å². The molecule has 0 bridgehead atoms. The summed E-state index contributed by atoms with van der Waals surface area (Å²) in [5.74, 6) is 0.845. The van der Waals surface area contributed by atoms with Crippen molar-refractivity contribution in [2.24, 2.45) is 0 Å². The van der Waals surface area contributed by atoms with Crippen molar-refractivity contribution in [3.63, 3.8) is 0 Å². The van der Waals surface area contributed by atoms with E-state index in [9.17, 15) is 0 Å². The van der Waals surface area contributed by atoms with E-state index in [1.54, 1.807) is 0 Å². The Kier molecular flexibility index (Phi) is 3.02. The molecule has 4 heteroatoms. The number of nitrogens with one attached hydrogen (secondary N) is 1. The number of carbonyl (C=O) groups excluding carboxylic acids is 1. The van der Waals surface area contributed by atoms with E-state index in [0.29, 0.717) is 6.61 Å². The Morgan fingerprint density at radius 1 is 1.42 bits per heavy atom. The summed E-state index contributed by atoms with van der Waals surface area (Å²) < 4.78 is 0. The molecule has 2 rings (SSSR count). The van der Waals surface area contributed by atoms with E-state index in [-0.39, 0.29) is 0 Å². The van der Waals surface area contributed by atoms with Gasteiger partial charge in [0.2, 0.25) is 6.08 Å². The van der Waals surface area contributed by atoms with E-state index in [1.165, 1.54) is 0 Å². The van der Waals surface area contributed by atoms with Crippen molar-refractivity contribution in [2.75, 3.05) is 0 Å². The van der Waals surface area contributed by atoms with Gasteiger partial charge in [-0.3, -0.25) is 0 Å². The standard InChI is InChI=1S/C7H6O2.CHNO/c1-2-4-7-6(3-1)5-8-9-7;2-1-3/h1-4H,5H2;2H. The zero-order chi connectivity index (χ0) is 8.81. The van der Waals surface area contributed by atoms with Gasteiger partial charge in [0.25, 0.3) is 0 Å². The Morgan fingerprint density at radius 3 is 2.75 bits per heavy atom. The molecule has 0 saturated carbocycles. The lowest BCUT2D eigenvalue weighted by Crippen LogP contribution is -1.80. The number of hydrogen-bond acceptors (Lipinski definition) is 4. The van der Waals surface area contributed by atoms with Gasteiger partial charge in [-0.1, -0.05) is 18.2 Å². The SMILES string of the molecule is N=C=O.c1ccc2c(c1)COO2. The maximum absolute atomic E-state index is 8.35. The fraction of sp³-hybridized carbons (Fsp3) is 0.125. The molecule has 0 atom stereocenters. The van der Waals surface area contributed by atoms with Crippen LogP contribution in [0.5, 0.6) is 5.75 Å². The number of rotatable bonds is 0. The van der Waals surface area contributed by atoms with Crippen LogP contribution in [0.2, 0.25) is 0 Å². The first-order valence-electron chi connectivity index (χ1n) is 3.29. The van der Waals surface area contributed by atoms with Gasteiger partial charge >= 0.3 is 0 Å². The van der Waals surface area contributed by atoms with Gasteiger partial charge in [-0.15, -0.1) is 0 Å². The summed E-state index contributed by atoms with van der Waals surface area (Å²) in [5.41, 5.74) is 1.12. The Bertz CT molecular complexity index is 269. The molecule has 0 unspecified atom stereocenters. The molecular formula is C8H7NO3. The summed E-state index contributed by atoms with van der Waals surface area (Å²) in [6.07, 6.45) is 0.750. The van der Waals surface area contributed by atoms with E-state index in [0.717, 1.165) is 17.4 Å². The Balaban J connectivity index is 0.000000213. The molecule has 0 aliphatic carbocycles. The fourth-order valence-corrected chi connectivity index (χ4v) is 0.861. The second kappa shape index (κ2) is 4.28. The molecule has 0 amide bonds. The number of hydrogen-bond donors (Lipinski definition) is 1. The van der Waals surface area contributed by atoms with E-state index < -0.39 is 0 Å². The van der Waals surface area contributed by atoms with Gasteiger partial charge in [0.15, 0.2) is 5.75 Å². The van der Waals surface area contributed by atoms with Crippen molar-refractivity contribution in [1.82, 2.24) is 0 Å². The van der Waals surface area contributed by atoms with Crippen LogP contribution < -0.4 is 4.89 Å². The highest BCUT2D eigenvalue weighted by Gasteiger charge is 2.10. The third kappa shape index (κ3) is 1.92. The first kappa shape index (κ1) is 8.46. The highest BCUT2D eigenvalue weighted by atomic mass is 17.2. The smallest absolute Gasteiger partial charge is 0.231 e. The molecule has 1 N–H and O–H groups in total. The third-order valence-corrected chi connectivity index (χ3v) is 1.34. The van der Waals surface area contributed by atoms with Crippen LogP contribution >= 0.6 is 0 Å². The van der Waals surface area contributed by atoms with Gasteiger partial charge in [-0.25, -0.2) is 10.2 Å². The second-order valence-corrected chi connectivity index (χ2v) is 2.06. The summed E-state index contributed by atoms with van der Waals surface area (Å²) in [4.78, 5) is 17.9. The molecule has 1 aromatic carbocycles. The lowest BCUT2D eigenvalue weighted by atomic mass is 10.2. The van der Waals surface area contributed by atoms with Crippen LogP contribution in [-0.4, -0.2) is 6.08 Å². The number of para-hydroxylation sites is 1. The average Bonchev–Trinajstić information content (AvgIpc) is 2.52. The normalized spacial score (nSPS) is 11.7. The maximum atomic E-state index is 8.35. The summed E-state index contributed by atoms with van der Waals surface area (Å²) >= 11 is 0. The summed E-state index contributed by atoms with van der Waals surface area (Å²) in [6.45, 7) is 0.580. The predicted octanol–water partition coefficient (Wildman–Crippen LogP) is 1.41. The van der Waals surface area contributed by atoms with Gasteiger partial charge in [0, 0.05) is 5.56 Å². The maximum Gasteiger partial charge on any atom is 0.231 e. The number of fused-ring (bicyclic) bond motifs is 1. The zero-order valence-corrected chi connectivity index (χ0v) is 6.24. The van der Waals surface area contributed by atoms with Crippen LogP contribution in [0.1, 0.15) is 5.56 Å². The van der Waals surface area contributed by atoms with E-state index >= 15 is 0 Å². The molecule has 0 spiro atoms. The van der Waals surface area contributed by atoms with Gasteiger partial charge in [0.05, 0.1) is 0 Å². The molecule has 0 saturated heterocycles. The highest BCUT2D eigenvalue weighted by molar-refractivity contribution is 5.33. The van der Waals surface area contributed by atoms with Gasteiger partial charge in [0.1, 0.15) is 6.61 Å². The molecule has 1 heterocycles. The summed E-state index contributed by atoms with van der Waals surface area (Å²) in [6, 6.07) is 7.77. The molecule has 1 aromatic rings. The monoisotopic (exact) mass is 165 g/mol. The molecule has 1 aliphatic heterocycles. The molecule has 1 aliphatic rings. The van der Waals surface area contributed by atoms with E-state index in [1.807, 2.05) is 24.3 Å². The van der Waals surface area contributed by atoms with Crippen LogP contribution in [0, 0.1) is 5.41 Å². The Hall–Kier alpha value is -1.64. The van der Waals surface area contributed by atoms with Gasteiger partial charge < -0.3 is 4.89 Å². The molecule has 0 radical (unpaired) electrons. The highest BCUT2D eigenvalue weighted by Crippen LogP contribution is 2.24. The topological polar surface area (TPSA) is 59.4 Å². The quantitative estimate of drug-likeness (QED) is 0.359. The van der Waals surface area contributed by atoms with Crippen molar-refractivity contribution >= 4 is 6.08 Å². The van der Waals surface area contributed by atoms with Crippen LogP contribution in [0.15, 0.2) is 24.3 Å². The van der Waals surface area contributed by atoms with Crippen molar-refractivity contribution in [3.05, 3.63) is 29.8 Å². The number of benzene rings is 1. The number of isocyanates is 1. The first-order valence-corrected chi connectivity index (χ1v) is 3.29. The van der Waals surface area contributed by atoms with Crippen molar-refractivity contribution in [3.8, 4) is 5.75 Å². The lowest BCUT2D eigenvalue weighted by Gasteiger charge is -1.89. The second-order valence-electron chi connectivity index (χ2n) is 2.06. The largest absolute Gasteiger partial charge is 0.337 e. The van der Waals surface area contributed by atoms with Crippen LogP contribution in [0.4, 0.5) is 0 Å². The summed E-state index contributed by atoms with van der Waals surface area (Å²) in [7, 11) is 0. The minimum atomic E-state index is 0.580. The van der Waals surface area contributed by atoms with Crippen LogP contribution in [0.25, 0.3) is 0 Å². The van der Waals surface area contributed by atoms with E-state index in [4.69, 9.17) is 20.0 Å². The minimum absolute atomic E-state index is 0.580.